The quantitative estimate of drug-likeness (QED) is 0.678. The summed E-state index contributed by atoms with van der Waals surface area (Å²) in [6.45, 7) is 0. The number of phenols is 1. The smallest absolute Gasteiger partial charge is 0.141 e. The predicted molar refractivity (Wildman–Crippen MR) is 52.4 cm³/mol. The number of fused-ring (bicyclic) bond motifs is 4. The molecule has 14 heavy (non-hydrogen) atoms. The van der Waals surface area contributed by atoms with Crippen molar-refractivity contribution in [2.75, 3.05) is 0 Å². The SMILES string of the molecule is O=C1CCCC2c3cccc(O)c3C12. The first-order valence-corrected chi connectivity index (χ1v) is 5.13. The van der Waals surface area contributed by atoms with Crippen molar-refractivity contribution in [2.45, 2.75) is 31.1 Å². The Balaban J connectivity index is 2.13. The van der Waals surface area contributed by atoms with Crippen LogP contribution >= 0.6 is 0 Å². The number of hydrogen-bond acceptors (Lipinski definition) is 2. The number of carbonyl (C=O) groups is 1. The van der Waals surface area contributed by atoms with E-state index in [1.54, 1.807) is 6.07 Å². The Bertz CT molecular complexity index is 409. The molecule has 0 amide bonds. The Morgan fingerprint density at radius 3 is 3.07 bits per heavy atom. The second-order valence-corrected chi connectivity index (χ2v) is 4.22. The molecule has 0 aliphatic heterocycles. The summed E-state index contributed by atoms with van der Waals surface area (Å²) in [7, 11) is 0. The molecule has 2 heteroatoms. The van der Waals surface area contributed by atoms with E-state index in [0.29, 0.717) is 23.9 Å². The maximum atomic E-state index is 11.7. The van der Waals surface area contributed by atoms with Crippen LogP contribution in [-0.4, -0.2) is 10.9 Å². The Morgan fingerprint density at radius 2 is 2.21 bits per heavy atom. The molecular weight excluding hydrogens is 176 g/mol. The zero-order valence-corrected chi connectivity index (χ0v) is 7.86. The summed E-state index contributed by atoms with van der Waals surface area (Å²) in [5.74, 6) is 1.03. The van der Waals surface area contributed by atoms with E-state index in [1.165, 1.54) is 5.56 Å². The van der Waals surface area contributed by atoms with Crippen molar-refractivity contribution in [2.24, 2.45) is 0 Å². The zero-order valence-electron chi connectivity index (χ0n) is 7.86. The number of aromatic hydroxyl groups is 1. The largest absolute Gasteiger partial charge is 0.508 e. The third kappa shape index (κ3) is 0.834. The molecule has 3 rings (SSSR count). The van der Waals surface area contributed by atoms with Crippen molar-refractivity contribution in [1.29, 1.82) is 0 Å². The van der Waals surface area contributed by atoms with E-state index in [2.05, 4.69) is 0 Å². The highest BCUT2D eigenvalue weighted by Crippen LogP contribution is 2.55. The molecule has 0 saturated heterocycles. The van der Waals surface area contributed by atoms with E-state index < -0.39 is 0 Å². The Labute approximate surface area is 82.6 Å². The molecule has 2 atom stereocenters. The monoisotopic (exact) mass is 188 g/mol. The normalized spacial score (nSPS) is 29.0. The molecule has 2 aliphatic carbocycles. The van der Waals surface area contributed by atoms with Crippen LogP contribution in [0.1, 0.15) is 42.2 Å². The minimum Gasteiger partial charge on any atom is -0.508 e. The van der Waals surface area contributed by atoms with Gasteiger partial charge in [0.15, 0.2) is 0 Å². The van der Waals surface area contributed by atoms with Crippen LogP contribution in [0.3, 0.4) is 0 Å². The molecule has 1 saturated carbocycles. The van der Waals surface area contributed by atoms with Gasteiger partial charge in [-0.2, -0.15) is 0 Å². The third-order valence-corrected chi connectivity index (χ3v) is 3.51. The molecule has 1 N–H and O–H groups in total. The molecule has 2 nitrogen and oxygen atoms in total. The van der Waals surface area contributed by atoms with Crippen LogP contribution in [0.15, 0.2) is 18.2 Å². The van der Waals surface area contributed by atoms with Crippen LogP contribution in [-0.2, 0) is 4.79 Å². The van der Waals surface area contributed by atoms with E-state index in [1.807, 2.05) is 12.1 Å². The molecule has 1 aromatic carbocycles. The fourth-order valence-electron chi connectivity index (χ4n) is 2.88. The van der Waals surface area contributed by atoms with E-state index in [-0.39, 0.29) is 5.92 Å². The van der Waals surface area contributed by atoms with Crippen molar-refractivity contribution in [3.63, 3.8) is 0 Å². The summed E-state index contributed by atoms with van der Waals surface area (Å²) >= 11 is 0. The second kappa shape index (κ2) is 2.59. The van der Waals surface area contributed by atoms with Gasteiger partial charge >= 0.3 is 0 Å². The van der Waals surface area contributed by atoms with Gasteiger partial charge in [-0.05, 0) is 30.4 Å². The van der Waals surface area contributed by atoms with Gasteiger partial charge in [-0.25, -0.2) is 0 Å². The fraction of sp³-hybridized carbons (Fsp3) is 0.417. The summed E-state index contributed by atoms with van der Waals surface area (Å²) in [6.07, 6.45) is 2.80. The van der Waals surface area contributed by atoms with Gasteiger partial charge in [-0.3, -0.25) is 4.79 Å². The first-order valence-electron chi connectivity index (χ1n) is 5.13. The zero-order chi connectivity index (χ0) is 9.71. The lowest BCUT2D eigenvalue weighted by atomic mass is 9.60. The molecule has 0 spiro atoms. The number of Topliss-reactive ketones (excluding diaryl/α,β-unsaturated/α-hetero) is 1. The number of hydrogen-bond donors (Lipinski definition) is 1. The van der Waals surface area contributed by atoms with Gasteiger partial charge in [0.25, 0.3) is 0 Å². The Morgan fingerprint density at radius 1 is 1.36 bits per heavy atom. The van der Waals surface area contributed by atoms with Crippen molar-refractivity contribution >= 4 is 5.78 Å². The topological polar surface area (TPSA) is 37.3 Å². The van der Waals surface area contributed by atoms with E-state index >= 15 is 0 Å². The lowest BCUT2D eigenvalue weighted by Gasteiger charge is -2.42. The van der Waals surface area contributed by atoms with Gasteiger partial charge < -0.3 is 5.11 Å². The highest BCUT2D eigenvalue weighted by molar-refractivity contribution is 5.91. The van der Waals surface area contributed by atoms with Crippen LogP contribution in [0.2, 0.25) is 0 Å². The molecule has 1 fully saturated rings. The lowest BCUT2D eigenvalue weighted by molar-refractivity contribution is -0.123. The fourth-order valence-corrected chi connectivity index (χ4v) is 2.88. The molecule has 0 radical (unpaired) electrons. The first-order chi connectivity index (χ1) is 6.79. The highest BCUT2D eigenvalue weighted by atomic mass is 16.3. The molecule has 2 unspecified atom stereocenters. The van der Waals surface area contributed by atoms with Crippen LogP contribution in [0, 0.1) is 0 Å². The Hall–Kier alpha value is -1.31. The summed E-state index contributed by atoms with van der Waals surface area (Å²) in [4.78, 5) is 11.7. The van der Waals surface area contributed by atoms with Crippen molar-refractivity contribution in [3.05, 3.63) is 29.3 Å². The highest BCUT2D eigenvalue weighted by Gasteiger charge is 2.45. The molecule has 1 aromatic rings. The number of ketones is 1. The van der Waals surface area contributed by atoms with Crippen molar-refractivity contribution < 1.29 is 9.90 Å². The Kier molecular flexibility index (Phi) is 1.49. The lowest BCUT2D eigenvalue weighted by Crippen LogP contribution is -2.34. The molecule has 0 bridgehead atoms. The second-order valence-electron chi connectivity index (χ2n) is 4.22. The minimum absolute atomic E-state index is 0.0138. The van der Waals surface area contributed by atoms with Crippen molar-refractivity contribution in [1.82, 2.24) is 0 Å². The van der Waals surface area contributed by atoms with Gasteiger partial charge in [0.1, 0.15) is 11.5 Å². The van der Waals surface area contributed by atoms with Gasteiger partial charge in [0, 0.05) is 12.0 Å². The van der Waals surface area contributed by atoms with Crippen LogP contribution in [0.25, 0.3) is 0 Å². The van der Waals surface area contributed by atoms with E-state index in [0.717, 1.165) is 18.4 Å². The van der Waals surface area contributed by atoms with Gasteiger partial charge in [-0.1, -0.05) is 12.1 Å². The van der Waals surface area contributed by atoms with Gasteiger partial charge in [0.2, 0.25) is 0 Å². The number of carbonyl (C=O) groups excluding carboxylic acids is 1. The molecule has 0 aromatic heterocycles. The molecule has 0 heterocycles. The average Bonchev–Trinajstić information content (AvgIpc) is 2.14. The molecule has 72 valence electrons. The summed E-state index contributed by atoms with van der Waals surface area (Å²) < 4.78 is 0. The van der Waals surface area contributed by atoms with Gasteiger partial charge in [-0.15, -0.1) is 0 Å². The predicted octanol–water partition coefficient (Wildman–Crippen LogP) is 2.33. The molecule has 2 aliphatic rings. The first kappa shape index (κ1) is 8.04. The van der Waals surface area contributed by atoms with Crippen LogP contribution < -0.4 is 0 Å². The van der Waals surface area contributed by atoms with Gasteiger partial charge in [0.05, 0.1) is 5.92 Å². The van der Waals surface area contributed by atoms with Crippen molar-refractivity contribution in [3.8, 4) is 5.75 Å². The summed E-state index contributed by atoms with van der Waals surface area (Å²) in [5.41, 5.74) is 2.10. The van der Waals surface area contributed by atoms with E-state index in [4.69, 9.17) is 0 Å². The standard InChI is InChI=1S/C12H12O2/c13-9-5-1-3-7-8-4-2-6-10(14)12(8)11(7)9/h1,3,5,8,12-13H,2,4,6H2. The van der Waals surface area contributed by atoms with Crippen LogP contribution in [0.5, 0.6) is 5.75 Å². The van der Waals surface area contributed by atoms with E-state index in [9.17, 15) is 9.90 Å². The number of phenolic OH excluding ortho intramolecular Hbond substituents is 1. The maximum Gasteiger partial charge on any atom is 0.141 e. The molecular formula is C12H12O2. The maximum absolute atomic E-state index is 11.7. The summed E-state index contributed by atoms with van der Waals surface area (Å²) in [5, 5.41) is 9.66. The minimum atomic E-state index is 0.0138. The number of benzene rings is 1. The third-order valence-electron chi connectivity index (χ3n) is 3.51. The summed E-state index contributed by atoms with van der Waals surface area (Å²) in [6, 6.07) is 5.58. The number of rotatable bonds is 0. The average molecular weight is 188 g/mol. The van der Waals surface area contributed by atoms with Crippen LogP contribution in [0.4, 0.5) is 0 Å².